The molecule has 0 radical (unpaired) electrons. The summed E-state index contributed by atoms with van der Waals surface area (Å²) >= 11 is 10.2. The van der Waals surface area contributed by atoms with E-state index in [1.54, 1.807) is 11.9 Å². The van der Waals surface area contributed by atoms with Gasteiger partial charge < -0.3 is 11.5 Å². The summed E-state index contributed by atoms with van der Waals surface area (Å²) in [5.74, 6) is 0. The highest BCUT2D eigenvalue weighted by molar-refractivity contribution is 14.1. The van der Waals surface area contributed by atoms with Gasteiger partial charge in [0, 0.05) is 35.1 Å². The van der Waals surface area contributed by atoms with E-state index in [0.29, 0.717) is 0 Å². The van der Waals surface area contributed by atoms with Gasteiger partial charge in [-0.1, -0.05) is 11.6 Å². The highest BCUT2D eigenvalue weighted by Crippen LogP contribution is 2.45. The molecule has 92 valence electrons. The number of nitrogens with one attached hydrogen (secondary N) is 1. The van der Waals surface area contributed by atoms with E-state index in [9.17, 15) is 0 Å². The molecule has 0 bridgehead atoms. The van der Waals surface area contributed by atoms with E-state index >= 15 is 0 Å². The van der Waals surface area contributed by atoms with Crippen molar-refractivity contribution in [3.63, 3.8) is 0 Å². The first-order valence-corrected chi connectivity index (χ1v) is 7.24. The van der Waals surface area contributed by atoms with E-state index in [2.05, 4.69) is 42.8 Å². The minimum atomic E-state index is 0. The Balaban J connectivity index is 0.00000108. The largest absolute Gasteiger partial charge is 0.344 e. The molecule has 1 aromatic carbocycles. The van der Waals surface area contributed by atoms with Crippen LogP contribution in [0.3, 0.4) is 0 Å². The maximum absolute atomic E-state index is 6.08. The Morgan fingerprint density at radius 2 is 2.24 bits per heavy atom. The lowest BCUT2D eigenvalue weighted by Gasteiger charge is -2.32. The predicted octanol–water partition coefficient (Wildman–Crippen LogP) is 3.88. The van der Waals surface area contributed by atoms with Crippen LogP contribution in [0.5, 0.6) is 0 Å². The maximum atomic E-state index is 6.08. The SMILES string of the molecule is Clc1ccc2c(c1)C1=C(CCNC1)N(I)S2.N. The van der Waals surface area contributed by atoms with Crippen molar-refractivity contribution in [3.05, 3.63) is 34.5 Å². The highest BCUT2D eigenvalue weighted by Gasteiger charge is 2.26. The molecule has 0 saturated heterocycles. The molecule has 0 aromatic heterocycles. The van der Waals surface area contributed by atoms with Gasteiger partial charge in [0.25, 0.3) is 0 Å². The van der Waals surface area contributed by atoms with Crippen LogP contribution in [0.1, 0.15) is 12.0 Å². The van der Waals surface area contributed by atoms with Crippen LogP contribution in [-0.2, 0) is 0 Å². The van der Waals surface area contributed by atoms with Crippen molar-refractivity contribution in [2.45, 2.75) is 11.3 Å². The van der Waals surface area contributed by atoms with E-state index in [0.717, 1.165) is 24.5 Å². The van der Waals surface area contributed by atoms with Crippen LogP contribution >= 0.6 is 46.4 Å². The summed E-state index contributed by atoms with van der Waals surface area (Å²) in [6.07, 6.45) is 1.09. The van der Waals surface area contributed by atoms with Gasteiger partial charge in [-0.15, -0.1) is 0 Å². The number of benzene rings is 1. The lowest BCUT2D eigenvalue weighted by atomic mass is 9.99. The van der Waals surface area contributed by atoms with Gasteiger partial charge in [-0.05, 0) is 41.3 Å². The van der Waals surface area contributed by atoms with Crippen molar-refractivity contribution >= 4 is 52.0 Å². The molecule has 2 heterocycles. The van der Waals surface area contributed by atoms with Gasteiger partial charge in [0.05, 0.1) is 22.9 Å². The molecule has 2 aliphatic rings. The standard InChI is InChI=1S/C11H10ClIN2S.H3N/c12-7-1-2-11-8(5-7)9-6-14-4-3-10(9)15(13)16-11;/h1-2,5,14H,3-4,6H2;1H3. The summed E-state index contributed by atoms with van der Waals surface area (Å²) in [5.41, 5.74) is 4.13. The van der Waals surface area contributed by atoms with Crippen LogP contribution in [0.4, 0.5) is 0 Å². The molecule has 17 heavy (non-hydrogen) atoms. The van der Waals surface area contributed by atoms with Crippen LogP contribution < -0.4 is 11.5 Å². The number of halogens is 2. The molecule has 3 nitrogen and oxygen atoms in total. The Labute approximate surface area is 124 Å². The molecule has 0 saturated carbocycles. The summed E-state index contributed by atoms with van der Waals surface area (Å²) in [7, 11) is 0. The van der Waals surface area contributed by atoms with Gasteiger partial charge in [0.2, 0.25) is 0 Å². The number of hydrogen-bond donors (Lipinski definition) is 2. The molecule has 0 unspecified atom stereocenters. The lowest BCUT2D eigenvalue weighted by Crippen LogP contribution is -2.29. The zero-order valence-electron chi connectivity index (χ0n) is 9.17. The third-order valence-corrected chi connectivity index (χ3v) is 5.19. The number of hydrogen-bond acceptors (Lipinski definition) is 4. The number of nitrogens with zero attached hydrogens (tertiary/aromatic N) is 1. The Hall–Kier alpha value is 0.0500. The average molecular weight is 382 g/mol. The van der Waals surface area contributed by atoms with Crippen molar-refractivity contribution in [2.75, 3.05) is 13.1 Å². The summed E-state index contributed by atoms with van der Waals surface area (Å²) in [4.78, 5) is 1.29. The van der Waals surface area contributed by atoms with E-state index in [4.69, 9.17) is 11.6 Å². The lowest BCUT2D eigenvalue weighted by molar-refractivity contribution is 0.671. The molecule has 0 fully saturated rings. The Bertz CT molecular complexity index is 478. The summed E-state index contributed by atoms with van der Waals surface area (Å²) in [6, 6.07) is 6.14. The van der Waals surface area contributed by atoms with Crippen molar-refractivity contribution in [3.8, 4) is 0 Å². The van der Waals surface area contributed by atoms with Crippen LogP contribution in [0, 0.1) is 0 Å². The second-order valence-electron chi connectivity index (χ2n) is 3.83. The fourth-order valence-electron chi connectivity index (χ4n) is 2.08. The molecule has 6 heteroatoms. The average Bonchev–Trinajstić information content (AvgIpc) is 2.31. The second kappa shape index (κ2) is 5.36. The van der Waals surface area contributed by atoms with Gasteiger partial charge in [0.1, 0.15) is 0 Å². The third-order valence-electron chi connectivity index (χ3n) is 2.85. The summed E-state index contributed by atoms with van der Waals surface area (Å²) in [5, 5.41) is 4.24. The van der Waals surface area contributed by atoms with Gasteiger partial charge in [-0.3, -0.25) is 2.52 Å². The first-order valence-electron chi connectivity index (χ1n) is 5.12. The Kier molecular flexibility index (Phi) is 4.25. The van der Waals surface area contributed by atoms with Crippen LogP contribution in [0.2, 0.25) is 5.02 Å². The van der Waals surface area contributed by atoms with Gasteiger partial charge in [-0.25, -0.2) is 0 Å². The van der Waals surface area contributed by atoms with Crippen molar-refractivity contribution in [1.82, 2.24) is 14.0 Å². The van der Waals surface area contributed by atoms with Crippen molar-refractivity contribution in [1.29, 1.82) is 0 Å². The molecule has 1 aromatic rings. The fraction of sp³-hybridized carbons (Fsp3) is 0.273. The van der Waals surface area contributed by atoms with Gasteiger partial charge in [0.15, 0.2) is 0 Å². The molecule has 0 spiro atoms. The normalized spacial score (nSPS) is 18.4. The highest BCUT2D eigenvalue weighted by atomic mass is 127. The Morgan fingerprint density at radius 3 is 3.06 bits per heavy atom. The number of rotatable bonds is 0. The quantitative estimate of drug-likeness (QED) is 0.407. The molecule has 4 N–H and O–H groups in total. The Morgan fingerprint density at radius 1 is 1.41 bits per heavy atom. The van der Waals surface area contributed by atoms with Gasteiger partial charge in [-0.2, -0.15) is 0 Å². The molecule has 2 aliphatic heterocycles. The van der Waals surface area contributed by atoms with Crippen LogP contribution in [-0.4, -0.2) is 15.6 Å². The second-order valence-corrected chi connectivity index (χ2v) is 6.87. The van der Waals surface area contributed by atoms with Crippen molar-refractivity contribution in [2.24, 2.45) is 0 Å². The molecule has 0 atom stereocenters. The molecule has 0 aliphatic carbocycles. The first kappa shape index (κ1) is 13.5. The smallest absolute Gasteiger partial charge is 0.0713 e. The number of fused-ring (bicyclic) bond motifs is 2. The maximum Gasteiger partial charge on any atom is 0.0713 e. The summed E-state index contributed by atoms with van der Waals surface area (Å²) in [6.45, 7) is 2.01. The van der Waals surface area contributed by atoms with Gasteiger partial charge >= 0.3 is 0 Å². The van der Waals surface area contributed by atoms with Crippen molar-refractivity contribution < 1.29 is 0 Å². The van der Waals surface area contributed by atoms with E-state index < -0.39 is 0 Å². The monoisotopic (exact) mass is 381 g/mol. The summed E-state index contributed by atoms with van der Waals surface area (Å²) < 4.78 is 2.25. The van der Waals surface area contributed by atoms with Crippen LogP contribution in [0.25, 0.3) is 5.57 Å². The van der Waals surface area contributed by atoms with Crippen LogP contribution in [0.15, 0.2) is 28.8 Å². The molecule has 3 rings (SSSR count). The third kappa shape index (κ3) is 2.44. The zero-order valence-corrected chi connectivity index (χ0v) is 12.9. The molecular formula is C11H13ClIN3S. The predicted molar refractivity (Wildman–Crippen MR) is 82.6 cm³/mol. The minimum Gasteiger partial charge on any atom is -0.344 e. The molecular weight excluding hydrogens is 369 g/mol. The topological polar surface area (TPSA) is 50.3 Å². The first-order chi connectivity index (χ1) is 7.75. The zero-order chi connectivity index (χ0) is 11.1. The van der Waals surface area contributed by atoms with E-state index in [1.807, 2.05) is 6.07 Å². The minimum absolute atomic E-state index is 0. The van der Waals surface area contributed by atoms with E-state index in [-0.39, 0.29) is 6.15 Å². The fourth-order valence-corrected chi connectivity index (χ4v) is 4.31. The van der Waals surface area contributed by atoms with E-state index in [1.165, 1.54) is 21.7 Å². The molecule has 0 amide bonds.